The molecule has 0 aliphatic heterocycles. The highest BCUT2D eigenvalue weighted by Gasteiger charge is 2.30. The molecule has 2 atom stereocenters. The van der Waals surface area contributed by atoms with E-state index < -0.39 is 5.60 Å². The average molecular weight is 220 g/mol. The van der Waals surface area contributed by atoms with E-state index >= 15 is 0 Å². The molecule has 1 nitrogen and oxygen atoms in total. The van der Waals surface area contributed by atoms with Crippen molar-refractivity contribution in [3.05, 3.63) is 23.3 Å². The third-order valence-corrected chi connectivity index (χ3v) is 3.33. The van der Waals surface area contributed by atoms with Gasteiger partial charge in [-0.1, -0.05) is 36.1 Å². The van der Waals surface area contributed by atoms with Crippen LogP contribution in [0, 0.1) is 18.3 Å². The Morgan fingerprint density at radius 2 is 1.88 bits per heavy atom. The van der Waals surface area contributed by atoms with Gasteiger partial charge in [-0.2, -0.15) is 0 Å². The summed E-state index contributed by atoms with van der Waals surface area (Å²) in [5.74, 6) is 2.39. The van der Waals surface area contributed by atoms with Crippen molar-refractivity contribution in [1.82, 2.24) is 0 Å². The fourth-order valence-electron chi connectivity index (χ4n) is 1.74. The van der Waals surface area contributed by atoms with E-state index in [-0.39, 0.29) is 5.92 Å². The lowest BCUT2D eigenvalue weighted by molar-refractivity contribution is 0.0723. The number of aliphatic hydroxyl groups is 1. The van der Waals surface area contributed by atoms with E-state index in [1.165, 1.54) is 11.1 Å². The minimum Gasteiger partial charge on any atom is -0.377 e. The Bertz CT molecular complexity index is 326. The van der Waals surface area contributed by atoms with Crippen molar-refractivity contribution >= 4 is 0 Å². The molecular formula is C15H24O. The molecule has 1 heteroatoms. The van der Waals surface area contributed by atoms with Crippen molar-refractivity contribution in [3.8, 4) is 12.3 Å². The van der Waals surface area contributed by atoms with E-state index in [1.54, 1.807) is 6.92 Å². The lowest BCUT2D eigenvalue weighted by Crippen LogP contribution is -2.33. The Kier molecular flexibility index (Phi) is 5.55. The summed E-state index contributed by atoms with van der Waals surface area (Å²) in [5, 5.41) is 10.1. The van der Waals surface area contributed by atoms with E-state index in [0.717, 1.165) is 18.4 Å². The minimum absolute atomic E-state index is 0.0704. The SMILES string of the molecule is C#CC(C)(O)C(CC(C)=C(C)CC)C(=C)C. The fraction of sp³-hybridized carbons (Fsp3) is 0.600. The lowest BCUT2D eigenvalue weighted by Gasteiger charge is -2.29. The highest BCUT2D eigenvalue weighted by molar-refractivity contribution is 5.21. The first-order valence-electron chi connectivity index (χ1n) is 5.77. The Morgan fingerprint density at radius 1 is 1.38 bits per heavy atom. The molecule has 0 aliphatic carbocycles. The number of terminal acetylenes is 1. The van der Waals surface area contributed by atoms with Crippen molar-refractivity contribution in [2.24, 2.45) is 5.92 Å². The summed E-state index contributed by atoms with van der Waals surface area (Å²) in [6, 6.07) is 0. The molecule has 0 aromatic heterocycles. The summed E-state index contributed by atoms with van der Waals surface area (Å²) in [6.45, 7) is 13.9. The molecule has 1 N–H and O–H groups in total. The molecule has 0 aromatic carbocycles. The first-order chi connectivity index (χ1) is 7.26. The molecule has 0 saturated carbocycles. The van der Waals surface area contributed by atoms with Crippen molar-refractivity contribution in [1.29, 1.82) is 0 Å². The molecule has 0 heterocycles. The van der Waals surface area contributed by atoms with Crippen LogP contribution < -0.4 is 0 Å². The molecular weight excluding hydrogens is 196 g/mol. The maximum absolute atomic E-state index is 10.1. The fourth-order valence-corrected chi connectivity index (χ4v) is 1.74. The number of hydrogen-bond acceptors (Lipinski definition) is 1. The summed E-state index contributed by atoms with van der Waals surface area (Å²) < 4.78 is 0. The van der Waals surface area contributed by atoms with Gasteiger partial charge in [0.15, 0.2) is 0 Å². The molecule has 0 fully saturated rings. The van der Waals surface area contributed by atoms with Crippen molar-refractivity contribution < 1.29 is 5.11 Å². The van der Waals surface area contributed by atoms with E-state index in [4.69, 9.17) is 6.42 Å². The zero-order valence-corrected chi connectivity index (χ0v) is 11.2. The van der Waals surface area contributed by atoms with Gasteiger partial charge in [0.05, 0.1) is 0 Å². The monoisotopic (exact) mass is 220 g/mol. The van der Waals surface area contributed by atoms with Crippen molar-refractivity contribution in [2.75, 3.05) is 0 Å². The second-order valence-electron chi connectivity index (χ2n) is 4.81. The van der Waals surface area contributed by atoms with Crippen LogP contribution in [-0.2, 0) is 0 Å². The Morgan fingerprint density at radius 3 is 2.19 bits per heavy atom. The Hall–Kier alpha value is -1.00. The van der Waals surface area contributed by atoms with Gasteiger partial charge >= 0.3 is 0 Å². The molecule has 0 aromatic rings. The molecule has 2 unspecified atom stereocenters. The van der Waals surface area contributed by atoms with Crippen LogP contribution in [0.15, 0.2) is 23.3 Å². The molecule has 0 aliphatic rings. The predicted octanol–water partition coefficient (Wildman–Crippen LogP) is 3.70. The van der Waals surface area contributed by atoms with Gasteiger partial charge in [0.25, 0.3) is 0 Å². The standard InChI is InChI=1S/C15H24O/c1-8-12(5)13(6)10-14(11(3)4)15(7,16)9-2/h2,14,16H,3,8,10H2,1,4-7H3. The Balaban J connectivity index is 5.02. The second-order valence-corrected chi connectivity index (χ2v) is 4.81. The van der Waals surface area contributed by atoms with Crippen molar-refractivity contribution in [3.63, 3.8) is 0 Å². The zero-order valence-electron chi connectivity index (χ0n) is 11.2. The van der Waals surface area contributed by atoms with E-state index in [0.29, 0.717) is 0 Å². The first kappa shape index (κ1) is 15.0. The van der Waals surface area contributed by atoms with Crippen LogP contribution in [-0.4, -0.2) is 10.7 Å². The van der Waals surface area contributed by atoms with Crippen LogP contribution >= 0.6 is 0 Å². The number of hydrogen-bond donors (Lipinski definition) is 1. The maximum Gasteiger partial charge on any atom is 0.129 e. The van der Waals surface area contributed by atoms with E-state index in [1.807, 2.05) is 6.92 Å². The maximum atomic E-state index is 10.1. The van der Waals surface area contributed by atoms with Gasteiger partial charge in [0, 0.05) is 5.92 Å². The van der Waals surface area contributed by atoms with Crippen LogP contribution in [0.1, 0.15) is 47.5 Å². The third kappa shape index (κ3) is 3.87. The minimum atomic E-state index is -1.11. The summed E-state index contributed by atoms with van der Waals surface area (Å²) in [6.07, 6.45) is 7.19. The van der Waals surface area contributed by atoms with Crippen LogP contribution in [0.25, 0.3) is 0 Å². The summed E-state index contributed by atoms with van der Waals surface area (Å²) in [7, 11) is 0. The van der Waals surface area contributed by atoms with Gasteiger partial charge in [0.2, 0.25) is 0 Å². The highest BCUT2D eigenvalue weighted by atomic mass is 16.3. The predicted molar refractivity (Wildman–Crippen MR) is 71.0 cm³/mol. The molecule has 0 rings (SSSR count). The normalized spacial score (nSPS) is 18.1. The van der Waals surface area contributed by atoms with Gasteiger partial charge in [-0.3, -0.25) is 0 Å². The van der Waals surface area contributed by atoms with Gasteiger partial charge in [0.1, 0.15) is 5.60 Å². The number of allylic oxidation sites excluding steroid dienone is 2. The Labute approximate surface area is 100 Å². The summed E-state index contributed by atoms with van der Waals surface area (Å²) in [5.41, 5.74) is 2.48. The van der Waals surface area contributed by atoms with Crippen molar-refractivity contribution in [2.45, 2.75) is 53.1 Å². The van der Waals surface area contributed by atoms with Gasteiger partial charge < -0.3 is 5.11 Å². The smallest absolute Gasteiger partial charge is 0.129 e. The molecule has 0 saturated heterocycles. The molecule has 16 heavy (non-hydrogen) atoms. The molecule has 0 bridgehead atoms. The third-order valence-electron chi connectivity index (χ3n) is 3.33. The summed E-state index contributed by atoms with van der Waals surface area (Å²) >= 11 is 0. The lowest BCUT2D eigenvalue weighted by atomic mass is 9.79. The molecule has 0 amide bonds. The molecule has 0 spiro atoms. The van der Waals surface area contributed by atoms with Crippen LogP contribution in [0.3, 0.4) is 0 Å². The van der Waals surface area contributed by atoms with Crippen LogP contribution in [0.4, 0.5) is 0 Å². The highest BCUT2D eigenvalue weighted by Crippen LogP contribution is 2.30. The van der Waals surface area contributed by atoms with Gasteiger partial charge in [-0.15, -0.1) is 6.42 Å². The zero-order chi connectivity index (χ0) is 12.9. The summed E-state index contributed by atoms with van der Waals surface area (Å²) in [4.78, 5) is 0. The quantitative estimate of drug-likeness (QED) is 0.553. The largest absolute Gasteiger partial charge is 0.377 e. The van der Waals surface area contributed by atoms with Crippen LogP contribution in [0.5, 0.6) is 0 Å². The van der Waals surface area contributed by atoms with E-state index in [9.17, 15) is 5.11 Å². The second kappa shape index (κ2) is 5.92. The van der Waals surface area contributed by atoms with Crippen LogP contribution in [0.2, 0.25) is 0 Å². The first-order valence-corrected chi connectivity index (χ1v) is 5.77. The number of rotatable bonds is 5. The average Bonchev–Trinajstić information content (AvgIpc) is 2.23. The van der Waals surface area contributed by atoms with E-state index in [2.05, 4.69) is 33.3 Å². The van der Waals surface area contributed by atoms with Gasteiger partial charge in [-0.05, 0) is 40.5 Å². The topological polar surface area (TPSA) is 20.2 Å². The van der Waals surface area contributed by atoms with Gasteiger partial charge in [-0.25, -0.2) is 0 Å². The molecule has 90 valence electrons. The molecule has 0 radical (unpaired) electrons.